The number of hydrogen-bond acceptors (Lipinski definition) is 4. The summed E-state index contributed by atoms with van der Waals surface area (Å²) in [6, 6.07) is 0. The Morgan fingerprint density at radius 1 is 0.941 bits per heavy atom. The molecule has 0 spiro atoms. The molecule has 17 heavy (non-hydrogen) atoms. The Bertz CT molecular complexity index is 268. The largest absolute Gasteiger partial charge is 0.370 e. The van der Waals surface area contributed by atoms with Crippen LogP contribution in [0, 0.1) is 0 Å². The fourth-order valence-electron chi connectivity index (χ4n) is 1.07. The van der Waals surface area contributed by atoms with Crippen LogP contribution in [0.5, 0.6) is 0 Å². The summed E-state index contributed by atoms with van der Waals surface area (Å²) in [7, 11) is 0. The van der Waals surface area contributed by atoms with E-state index < -0.39 is 5.91 Å². The van der Waals surface area contributed by atoms with Gasteiger partial charge in [-0.25, -0.2) is 0 Å². The van der Waals surface area contributed by atoms with Crippen LogP contribution in [0.15, 0.2) is 0 Å². The van der Waals surface area contributed by atoms with Gasteiger partial charge in [0.25, 0.3) is 0 Å². The number of rotatable bonds is 9. The minimum atomic E-state index is -0.478. The zero-order valence-corrected chi connectivity index (χ0v) is 10.0. The topological polar surface area (TPSA) is 113 Å². The number of carbonyl (C=O) groups excluding carboxylic acids is 3. The lowest BCUT2D eigenvalue weighted by Crippen LogP contribution is -2.36. The van der Waals surface area contributed by atoms with Crippen LogP contribution in [0.2, 0.25) is 0 Å². The Morgan fingerprint density at radius 3 is 2.06 bits per heavy atom. The molecule has 0 unspecified atom stereocenters. The minimum Gasteiger partial charge on any atom is -0.370 e. The number of hydrogen-bond donors (Lipinski definition) is 4. The van der Waals surface area contributed by atoms with E-state index in [0.29, 0.717) is 26.2 Å². The van der Waals surface area contributed by atoms with Crippen molar-refractivity contribution < 1.29 is 14.4 Å². The van der Waals surface area contributed by atoms with E-state index in [2.05, 4.69) is 16.0 Å². The lowest BCUT2D eigenvalue weighted by Gasteiger charge is -2.06. The highest BCUT2D eigenvalue weighted by Gasteiger charge is 2.02. The summed E-state index contributed by atoms with van der Waals surface area (Å²) in [6.07, 6.45) is 0.197. The van der Waals surface area contributed by atoms with Crippen molar-refractivity contribution in [2.45, 2.75) is 19.8 Å². The monoisotopic (exact) mass is 244 g/mol. The van der Waals surface area contributed by atoms with Crippen LogP contribution in [-0.4, -0.2) is 43.9 Å². The van der Waals surface area contributed by atoms with Gasteiger partial charge in [0.05, 0.1) is 0 Å². The zero-order valence-electron chi connectivity index (χ0n) is 10.0. The fraction of sp³-hybridized carbons (Fsp3) is 0.700. The van der Waals surface area contributed by atoms with E-state index in [1.807, 2.05) is 0 Å². The first-order valence-electron chi connectivity index (χ1n) is 5.52. The van der Waals surface area contributed by atoms with Crippen molar-refractivity contribution in [1.82, 2.24) is 16.0 Å². The van der Waals surface area contributed by atoms with Gasteiger partial charge >= 0.3 is 0 Å². The first-order chi connectivity index (χ1) is 8.02. The van der Waals surface area contributed by atoms with E-state index in [1.54, 1.807) is 0 Å². The van der Waals surface area contributed by atoms with Crippen LogP contribution < -0.4 is 21.7 Å². The Kier molecular flexibility index (Phi) is 8.67. The molecular formula is C10H20N4O3. The van der Waals surface area contributed by atoms with E-state index in [1.165, 1.54) is 6.92 Å². The van der Waals surface area contributed by atoms with Crippen molar-refractivity contribution in [2.24, 2.45) is 5.73 Å². The molecule has 7 nitrogen and oxygen atoms in total. The molecule has 98 valence electrons. The number of nitrogens with two attached hydrogens (primary N) is 1. The van der Waals surface area contributed by atoms with Gasteiger partial charge < -0.3 is 21.7 Å². The number of primary amides is 1. The van der Waals surface area contributed by atoms with Crippen LogP contribution in [0.4, 0.5) is 0 Å². The van der Waals surface area contributed by atoms with Crippen LogP contribution >= 0.6 is 0 Å². The highest BCUT2D eigenvalue weighted by Crippen LogP contribution is 1.85. The summed E-state index contributed by atoms with van der Waals surface area (Å²) < 4.78 is 0. The molecule has 0 radical (unpaired) electrons. The lowest BCUT2D eigenvalue weighted by atomic mass is 10.3. The van der Waals surface area contributed by atoms with Gasteiger partial charge in [-0.05, 0) is 0 Å². The number of nitrogens with one attached hydrogen (secondary N) is 3. The molecule has 0 saturated heterocycles. The predicted molar refractivity (Wildman–Crippen MR) is 63.0 cm³/mol. The van der Waals surface area contributed by atoms with Crippen LogP contribution in [0.1, 0.15) is 19.8 Å². The van der Waals surface area contributed by atoms with E-state index in [-0.39, 0.29) is 24.7 Å². The normalized spacial score (nSPS) is 9.71. The van der Waals surface area contributed by atoms with Crippen molar-refractivity contribution in [3.05, 3.63) is 0 Å². The fourth-order valence-corrected chi connectivity index (χ4v) is 1.07. The molecular weight excluding hydrogens is 224 g/mol. The smallest absolute Gasteiger partial charge is 0.220 e. The Balaban J connectivity index is 3.24. The van der Waals surface area contributed by atoms with E-state index >= 15 is 0 Å². The maximum absolute atomic E-state index is 11.1. The third-order valence-electron chi connectivity index (χ3n) is 1.90. The maximum atomic E-state index is 11.1. The first-order valence-corrected chi connectivity index (χ1v) is 5.52. The number of carbonyl (C=O) groups is 3. The second-order valence-electron chi connectivity index (χ2n) is 3.55. The second-order valence-corrected chi connectivity index (χ2v) is 3.55. The third kappa shape index (κ3) is 12.3. The lowest BCUT2D eigenvalue weighted by molar-refractivity contribution is -0.125. The van der Waals surface area contributed by atoms with Crippen molar-refractivity contribution in [3.8, 4) is 0 Å². The number of amides is 3. The van der Waals surface area contributed by atoms with Crippen molar-refractivity contribution in [3.63, 3.8) is 0 Å². The average Bonchev–Trinajstić information content (AvgIpc) is 2.24. The Hall–Kier alpha value is -1.63. The highest BCUT2D eigenvalue weighted by molar-refractivity contribution is 5.82. The van der Waals surface area contributed by atoms with Gasteiger partial charge in [0.15, 0.2) is 0 Å². The Morgan fingerprint density at radius 2 is 1.53 bits per heavy atom. The summed E-state index contributed by atoms with van der Waals surface area (Å²) in [5.41, 5.74) is 4.91. The molecule has 5 N–H and O–H groups in total. The van der Waals surface area contributed by atoms with E-state index in [4.69, 9.17) is 5.73 Å². The van der Waals surface area contributed by atoms with Gasteiger partial charge in [-0.15, -0.1) is 0 Å². The van der Waals surface area contributed by atoms with Crippen molar-refractivity contribution >= 4 is 17.7 Å². The SMILES string of the molecule is CC(=O)NCCNCCNC(=O)CCC(N)=O. The molecule has 3 amide bonds. The third-order valence-corrected chi connectivity index (χ3v) is 1.90. The molecule has 7 heteroatoms. The van der Waals surface area contributed by atoms with E-state index in [0.717, 1.165) is 0 Å². The van der Waals surface area contributed by atoms with Gasteiger partial charge in [0.1, 0.15) is 0 Å². The molecule has 0 fully saturated rings. The van der Waals surface area contributed by atoms with Crippen LogP contribution in [-0.2, 0) is 14.4 Å². The molecule has 0 aliphatic heterocycles. The predicted octanol–water partition coefficient (Wildman–Crippen LogP) is -1.91. The molecule has 0 bridgehead atoms. The van der Waals surface area contributed by atoms with Crippen molar-refractivity contribution in [2.75, 3.05) is 26.2 Å². The summed E-state index contributed by atoms with van der Waals surface area (Å²) in [4.78, 5) is 32.0. The molecule has 0 aromatic carbocycles. The van der Waals surface area contributed by atoms with Gasteiger partial charge in [-0.2, -0.15) is 0 Å². The molecule has 0 atom stereocenters. The minimum absolute atomic E-state index is 0.0634. The van der Waals surface area contributed by atoms with Gasteiger partial charge in [0, 0.05) is 45.9 Å². The molecule has 0 aromatic rings. The van der Waals surface area contributed by atoms with Crippen LogP contribution in [0.25, 0.3) is 0 Å². The van der Waals surface area contributed by atoms with Gasteiger partial charge in [-0.1, -0.05) is 0 Å². The second kappa shape index (κ2) is 9.59. The Labute approximate surface area is 100 Å². The van der Waals surface area contributed by atoms with E-state index in [9.17, 15) is 14.4 Å². The molecule has 0 aliphatic rings. The molecule has 0 heterocycles. The maximum Gasteiger partial charge on any atom is 0.220 e. The van der Waals surface area contributed by atoms with Gasteiger partial charge in [0.2, 0.25) is 17.7 Å². The van der Waals surface area contributed by atoms with Crippen LogP contribution in [0.3, 0.4) is 0 Å². The first kappa shape index (κ1) is 15.4. The van der Waals surface area contributed by atoms with Crippen molar-refractivity contribution in [1.29, 1.82) is 0 Å². The zero-order chi connectivity index (χ0) is 13.1. The molecule has 0 rings (SSSR count). The molecule has 0 saturated carbocycles. The average molecular weight is 244 g/mol. The standard InChI is InChI=1S/C10H20N4O3/c1-8(15)13-6-4-12-5-7-14-10(17)3-2-9(11)16/h12H,2-7H2,1H3,(H2,11,16)(H,13,15)(H,14,17). The summed E-state index contributed by atoms with van der Waals surface area (Å²) in [5.74, 6) is -0.729. The molecule has 0 aromatic heterocycles. The summed E-state index contributed by atoms with van der Waals surface area (Å²) in [5, 5.41) is 8.32. The van der Waals surface area contributed by atoms with Gasteiger partial charge in [-0.3, -0.25) is 14.4 Å². The quantitative estimate of drug-likeness (QED) is 0.354. The highest BCUT2D eigenvalue weighted by atomic mass is 16.2. The molecule has 0 aliphatic carbocycles. The summed E-state index contributed by atoms with van der Waals surface area (Å²) in [6.45, 7) is 3.76. The summed E-state index contributed by atoms with van der Waals surface area (Å²) >= 11 is 0.